The molecule has 3 aromatic carbocycles. The Balaban J connectivity index is 1.50. The number of aromatic hydroxyl groups is 2. The molecule has 52 nitrogen and oxygen atoms in total. The highest BCUT2D eigenvalue weighted by Gasteiger charge is 2.54. The number of ether oxygens (including phenoxy) is 2. The number of amides is 9. The Labute approximate surface area is 729 Å². The molecule has 0 fully saturated rings. The van der Waals surface area contributed by atoms with Gasteiger partial charge in [0.15, 0.2) is 59.2 Å². The lowest BCUT2D eigenvalue weighted by atomic mass is 9.77. The first-order valence-corrected chi connectivity index (χ1v) is 40.6. The van der Waals surface area contributed by atoms with Crippen molar-refractivity contribution < 1.29 is 77.5 Å². The van der Waals surface area contributed by atoms with Crippen LogP contribution in [0.4, 0.5) is 0 Å². The number of aliphatic carboxylic acids is 1. The number of guanidine groups is 9. The lowest BCUT2D eigenvalue weighted by Crippen LogP contribution is -2.60. The van der Waals surface area contributed by atoms with Crippen molar-refractivity contribution in [2.75, 3.05) is 58.9 Å². The fourth-order valence-electron chi connectivity index (χ4n) is 13.4. The van der Waals surface area contributed by atoms with Gasteiger partial charge < -0.3 is 172 Å². The third-order valence-electron chi connectivity index (χ3n) is 19.6. The van der Waals surface area contributed by atoms with Crippen molar-refractivity contribution in [1.82, 2.24) is 95.7 Å². The standard InChI is InChI=1S/C75H120N36O16/c76-66(77)94-25-1-10-44(103-55(114)37-19-22-41-40(34-37)65(125)127-75(41)42-23-20-38(112)35-53(42)126-54-36-39(113)21-24-43(54)75)56(115)104-45(11-2-26-95-67(78)79)57(116)105-46(12-3-27-96-68(80)81)58(117)106-47(13-4-28-97-69(82)83)59(118)107-48(14-5-29-98-70(84)85)60(119)108-49(15-6-30-99-71(86)87)61(120)109-50(16-7-31-100-72(88)89)62(121)110-51(17-8-32-101-73(90)91)63(122)111-52(64(123)124)18-9-33-102-74(92)93/h19-24,34-36,44-52,112-113H,1-18,25-33H2,(H,103,114)(H,104,115)(H,105,116)(H,106,117)(H,107,118)(H,108,119)(H,109,120)(H,110,121)(H,111,122)(H,123,124)(H4,76,77,94)(H4,78,79,95)(H4,80,81,96)(H4,82,83,97)(H4,84,85,98)(H4,86,87,99)(H4,88,89,100)(H4,90,91,101)(H4,92,93,102)/t44-,45-,46-,47-,48-,49-,50-,51-,52-/m0/s1. The minimum Gasteiger partial charge on any atom is -0.508 e. The number of nitrogens with one attached hydrogen (secondary N) is 27. The van der Waals surface area contributed by atoms with Crippen molar-refractivity contribution in [2.24, 2.45) is 51.6 Å². The van der Waals surface area contributed by atoms with Gasteiger partial charge in [0.2, 0.25) is 47.3 Å². The van der Waals surface area contributed by atoms with Crippen molar-refractivity contribution in [1.29, 1.82) is 48.7 Å². The van der Waals surface area contributed by atoms with Crippen LogP contribution in [-0.4, -0.2) is 247 Å². The fraction of sp³-hybridized carbons (Fsp3) is 0.493. The molecule has 0 saturated carbocycles. The first-order valence-electron chi connectivity index (χ1n) is 40.6. The second kappa shape index (κ2) is 51.6. The molecule has 0 unspecified atom stereocenters. The zero-order valence-electron chi connectivity index (χ0n) is 69.8. The largest absolute Gasteiger partial charge is 0.508 e. The van der Waals surface area contributed by atoms with Crippen molar-refractivity contribution in [3.05, 3.63) is 82.4 Å². The smallest absolute Gasteiger partial charge is 0.340 e. The molecule has 2 heterocycles. The molecule has 48 N–H and O–H groups in total. The molecule has 2 aliphatic rings. The van der Waals surface area contributed by atoms with Crippen LogP contribution in [0.5, 0.6) is 23.0 Å². The summed E-state index contributed by atoms with van der Waals surface area (Å²) in [6.45, 7) is -0.282. The van der Waals surface area contributed by atoms with Crippen LogP contribution in [0.3, 0.4) is 0 Å². The van der Waals surface area contributed by atoms with Gasteiger partial charge >= 0.3 is 11.9 Å². The summed E-state index contributed by atoms with van der Waals surface area (Å²) in [7, 11) is 0. The van der Waals surface area contributed by atoms with Crippen LogP contribution in [-0.2, 0) is 53.5 Å². The van der Waals surface area contributed by atoms with Gasteiger partial charge in [0.1, 0.15) is 77.4 Å². The number of nitrogens with two attached hydrogens (primary N) is 9. The van der Waals surface area contributed by atoms with E-state index in [9.17, 15) is 48.9 Å². The molecule has 9 amide bonds. The van der Waals surface area contributed by atoms with Gasteiger partial charge in [-0.25, -0.2) is 9.59 Å². The Kier molecular flexibility index (Phi) is 41.5. The number of rotatable bonds is 55. The number of phenols is 2. The monoisotopic (exact) mass is 1780 g/mol. The molecule has 1 spiro atoms. The number of esters is 1. The van der Waals surface area contributed by atoms with Crippen molar-refractivity contribution in [3.8, 4) is 23.0 Å². The van der Waals surface area contributed by atoms with Gasteiger partial charge in [-0.05, 0) is 152 Å². The molecule has 0 saturated heterocycles. The van der Waals surface area contributed by atoms with E-state index in [0.29, 0.717) is 11.1 Å². The average molecular weight is 1780 g/mol. The molecule has 9 atom stereocenters. The molecule has 696 valence electrons. The van der Waals surface area contributed by atoms with Gasteiger partial charge in [0.25, 0.3) is 5.91 Å². The zero-order valence-corrected chi connectivity index (χ0v) is 69.8. The fourth-order valence-corrected chi connectivity index (χ4v) is 13.4. The van der Waals surface area contributed by atoms with Crippen molar-refractivity contribution >= 4 is 119 Å². The molecule has 0 aromatic heterocycles. The number of hydrogen-bond acceptors (Lipinski definition) is 24. The molecule has 0 radical (unpaired) electrons. The summed E-state index contributed by atoms with van der Waals surface area (Å²) in [5.41, 5.74) is 48.8. The van der Waals surface area contributed by atoms with Gasteiger partial charge in [-0.1, -0.05) is 6.07 Å². The molecular formula is C75H120N36O16. The molecule has 127 heavy (non-hydrogen) atoms. The van der Waals surface area contributed by atoms with Crippen LogP contribution >= 0.6 is 0 Å². The normalized spacial score (nSPS) is 13.8. The minimum absolute atomic E-state index is 0.000773. The maximum atomic E-state index is 15.1. The predicted octanol–water partition coefficient (Wildman–Crippen LogP) is -7.90. The predicted molar refractivity (Wildman–Crippen MR) is 465 cm³/mol. The van der Waals surface area contributed by atoms with Crippen molar-refractivity contribution in [3.63, 3.8) is 0 Å². The van der Waals surface area contributed by atoms with E-state index in [4.69, 9.17) is 110 Å². The number of carbonyl (C=O) groups is 11. The number of benzene rings is 3. The quantitative estimate of drug-likeness (QED) is 0.0108. The molecule has 2 aliphatic heterocycles. The Bertz CT molecular complexity index is 4430. The van der Waals surface area contributed by atoms with E-state index in [2.05, 4.69) is 95.7 Å². The summed E-state index contributed by atoms with van der Waals surface area (Å²) in [5.74, 6) is -15.6. The maximum Gasteiger partial charge on any atom is 0.340 e. The van der Waals surface area contributed by atoms with Crippen LogP contribution in [0, 0.1) is 48.7 Å². The minimum atomic E-state index is -1.71. The summed E-state index contributed by atoms with van der Waals surface area (Å²) in [4.78, 5) is 160. The number of hydrogen-bond donors (Lipinski definition) is 39. The number of carboxylic acid groups (broad SMARTS) is 1. The van der Waals surface area contributed by atoms with E-state index in [0.717, 1.165) is 0 Å². The zero-order chi connectivity index (χ0) is 94.0. The SMILES string of the molecule is N=C(N)NCCC[C@H](NC(=O)[C@H](CCCNC(=N)N)NC(=O)[C@H](CCCNC(=N)N)NC(=O)[C@H](CCCNC(=N)N)NC(=O)[C@H](CCCNC(=N)N)NC(=O)[C@H](CCCNC(=N)N)NC(=O)[C@H](CCCNC(=N)N)NC(=O)[C@H](CCCNC(=N)N)NC(=O)[C@H](CCCNC(=N)N)NC(=O)c1ccc2c(c1)C(=O)OC21c2ccc(O)cc2Oc2cc(O)ccc21)C(=O)O. The van der Waals surface area contributed by atoms with Crippen LogP contribution in [0.25, 0.3) is 0 Å². The summed E-state index contributed by atoms with van der Waals surface area (Å²) >= 11 is 0. The van der Waals surface area contributed by atoms with Crippen LogP contribution < -0.4 is 152 Å². The van der Waals surface area contributed by atoms with E-state index >= 15 is 19.2 Å². The highest BCUT2D eigenvalue weighted by Crippen LogP contribution is 2.57. The summed E-state index contributed by atoms with van der Waals surface area (Å²) in [5, 5.41) is 147. The number of carbonyl (C=O) groups excluding carboxylic acids is 10. The summed E-state index contributed by atoms with van der Waals surface area (Å²) < 4.78 is 12.3. The lowest BCUT2D eigenvalue weighted by molar-refractivity contribution is -0.142. The van der Waals surface area contributed by atoms with Gasteiger partial charge in [-0.2, -0.15) is 0 Å². The Hall–Kier alpha value is -15.3. The molecule has 0 aliphatic carbocycles. The summed E-state index contributed by atoms with van der Waals surface area (Å²) in [6.07, 6.45) is -2.11. The molecule has 5 rings (SSSR count). The second-order valence-electron chi connectivity index (χ2n) is 29.5. The lowest BCUT2D eigenvalue weighted by Gasteiger charge is -2.36. The van der Waals surface area contributed by atoms with E-state index in [1.165, 1.54) is 54.6 Å². The van der Waals surface area contributed by atoms with E-state index in [1.807, 2.05) is 0 Å². The van der Waals surface area contributed by atoms with Crippen LogP contribution in [0.2, 0.25) is 0 Å². The average Bonchev–Trinajstić information content (AvgIpc) is 1.57. The summed E-state index contributed by atoms with van der Waals surface area (Å²) in [6, 6.07) is -1.99. The van der Waals surface area contributed by atoms with Crippen molar-refractivity contribution in [2.45, 2.75) is 176 Å². The van der Waals surface area contributed by atoms with Gasteiger partial charge in [-0.15, -0.1) is 0 Å². The molecule has 0 bridgehead atoms. The highest BCUT2D eigenvalue weighted by molar-refractivity contribution is 6.04. The topological polar surface area (TPSA) is 932 Å². The Morgan fingerprint density at radius 2 is 0.520 bits per heavy atom. The third kappa shape index (κ3) is 34.8. The van der Waals surface area contributed by atoms with Crippen LogP contribution in [0.15, 0.2) is 54.6 Å². The van der Waals surface area contributed by atoms with Gasteiger partial charge in [0, 0.05) is 93.3 Å². The second-order valence-corrected chi connectivity index (χ2v) is 29.5. The maximum absolute atomic E-state index is 15.1. The van der Waals surface area contributed by atoms with E-state index < -0.39 is 173 Å². The van der Waals surface area contributed by atoms with Crippen LogP contribution in [0.1, 0.15) is 153 Å². The number of carboxylic acids is 1. The first-order chi connectivity index (χ1) is 60.2. The van der Waals surface area contributed by atoms with Gasteiger partial charge in [-0.3, -0.25) is 91.8 Å². The molecular weight excluding hydrogens is 1660 g/mol. The molecule has 3 aromatic rings. The number of phenolic OH excluding ortho intramolecular Hbond substituents is 2. The number of fused-ring (bicyclic) bond motifs is 6. The first kappa shape index (κ1) is 102. The molecule has 52 heteroatoms. The van der Waals surface area contributed by atoms with E-state index in [1.54, 1.807) is 0 Å². The highest BCUT2D eigenvalue weighted by atomic mass is 16.6. The van der Waals surface area contributed by atoms with E-state index in [-0.39, 0.29) is 220 Å². The Morgan fingerprint density at radius 3 is 0.748 bits per heavy atom. The Morgan fingerprint density at radius 1 is 0.307 bits per heavy atom. The third-order valence-corrected chi connectivity index (χ3v) is 19.6. The van der Waals surface area contributed by atoms with Gasteiger partial charge in [0.05, 0.1) is 5.56 Å².